The highest BCUT2D eigenvalue weighted by molar-refractivity contribution is 7.91. The summed E-state index contributed by atoms with van der Waals surface area (Å²) < 4.78 is 31.3. The van der Waals surface area contributed by atoms with Crippen LogP contribution in [0.2, 0.25) is 4.34 Å². The molecule has 18 heavy (non-hydrogen) atoms. The Labute approximate surface area is 116 Å². The predicted molar refractivity (Wildman–Crippen MR) is 71.8 cm³/mol. The highest BCUT2D eigenvalue weighted by atomic mass is 35.5. The van der Waals surface area contributed by atoms with Crippen LogP contribution in [0, 0.1) is 6.92 Å². The molecule has 0 aliphatic rings. The number of rotatable bonds is 7. The summed E-state index contributed by atoms with van der Waals surface area (Å²) in [7, 11) is -2.11. The highest BCUT2D eigenvalue weighted by Gasteiger charge is 2.26. The minimum atomic E-state index is -3.61. The number of hydrogen-bond acceptors (Lipinski definition) is 5. The van der Waals surface area contributed by atoms with E-state index < -0.39 is 10.0 Å². The molecule has 0 unspecified atom stereocenters. The molecular formula is C10H16ClNO4S2. The number of sulfonamides is 1. The standard InChI is InChI=1S/C10H16ClNO4S2/c1-8-7-9(17-10(8)11)18(14,15)12(3-5-13)4-6-16-2/h7,13H,3-6H2,1-2H3. The molecule has 0 radical (unpaired) electrons. The molecule has 0 fully saturated rings. The van der Waals surface area contributed by atoms with Gasteiger partial charge in [-0.25, -0.2) is 8.42 Å². The van der Waals surface area contributed by atoms with Gasteiger partial charge < -0.3 is 9.84 Å². The van der Waals surface area contributed by atoms with Crippen molar-refractivity contribution in [3.05, 3.63) is 16.0 Å². The van der Waals surface area contributed by atoms with E-state index in [0.717, 1.165) is 16.9 Å². The minimum Gasteiger partial charge on any atom is -0.395 e. The number of aliphatic hydroxyl groups excluding tert-OH is 1. The number of thiophene rings is 1. The molecule has 1 aromatic heterocycles. The minimum absolute atomic E-state index is 0.0419. The van der Waals surface area contributed by atoms with Gasteiger partial charge in [-0.3, -0.25) is 0 Å². The molecule has 104 valence electrons. The third kappa shape index (κ3) is 3.66. The number of halogens is 1. The second-order valence-electron chi connectivity index (χ2n) is 3.64. The number of hydrogen-bond donors (Lipinski definition) is 1. The van der Waals surface area contributed by atoms with Gasteiger partial charge in [-0.15, -0.1) is 11.3 Å². The topological polar surface area (TPSA) is 66.8 Å². The van der Waals surface area contributed by atoms with E-state index in [1.54, 1.807) is 13.0 Å². The molecule has 0 saturated heterocycles. The number of methoxy groups -OCH3 is 1. The van der Waals surface area contributed by atoms with Crippen LogP contribution in [0.5, 0.6) is 0 Å². The first kappa shape index (κ1) is 15.9. The molecule has 0 amide bonds. The van der Waals surface area contributed by atoms with Gasteiger partial charge in [0.15, 0.2) is 0 Å². The number of aryl methyl sites for hydroxylation is 1. The van der Waals surface area contributed by atoms with Crippen molar-refractivity contribution in [2.24, 2.45) is 0 Å². The highest BCUT2D eigenvalue weighted by Crippen LogP contribution is 2.31. The normalized spacial score (nSPS) is 12.3. The average molecular weight is 314 g/mol. The maximum Gasteiger partial charge on any atom is 0.252 e. The molecule has 0 atom stereocenters. The molecule has 0 aliphatic heterocycles. The van der Waals surface area contributed by atoms with Crippen molar-refractivity contribution in [3.8, 4) is 0 Å². The number of nitrogens with zero attached hydrogens (tertiary/aromatic N) is 1. The van der Waals surface area contributed by atoms with Gasteiger partial charge in [0.1, 0.15) is 4.21 Å². The second-order valence-corrected chi connectivity index (χ2v) is 7.46. The van der Waals surface area contributed by atoms with Crippen molar-refractivity contribution in [1.82, 2.24) is 4.31 Å². The van der Waals surface area contributed by atoms with Crippen LogP contribution < -0.4 is 0 Å². The lowest BCUT2D eigenvalue weighted by Gasteiger charge is -2.19. The molecule has 0 aliphatic carbocycles. The van der Waals surface area contributed by atoms with Crippen LogP contribution in [-0.4, -0.2) is 51.2 Å². The average Bonchev–Trinajstić information content (AvgIpc) is 2.65. The predicted octanol–water partition coefficient (Wildman–Crippen LogP) is 1.34. The van der Waals surface area contributed by atoms with E-state index in [2.05, 4.69) is 0 Å². The summed E-state index contributed by atoms with van der Waals surface area (Å²) in [4.78, 5) is 0. The van der Waals surface area contributed by atoms with Crippen molar-refractivity contribution in [3.63, 3.8) is 0 Å². The van der Waals surface area contributed by atoms with Crippen LogP contribution in [0.15, 0.2) is 10.3 Å². The van der Waals surface area contributed by atoms with Crippen LogP contribution in [0.4, 0.5) is 0 Å². The Morgan fingerprint density at radius 3 is 2.61 bits per heavy atom. The first-order chi connectivity index (χ1) is 8.43. The lowest BCUT2D eigenvalue weighted by Crippen LogP contribution is -2.35. The fraction of sp³-hybridized carbons (Fsp3) is 0.600. The Morgan fingerprint density at radius 2 is 2.17 bits per heavy atom. The maximum absolute atomic E-state index is 12.3. The molecule has 1 heterocycles. The fourth-order valence-electron chi connectivity index (χ4n) is 1.34. The van der Waals surface area contributed by atoms with E-state index in [1.165, 1.54) is 11.4 Å². The van der Waals surface area contributed by atoms with Gasteiger partial charge in [-0.2, -0.15) is 4.31 Å². The Bertz CT molecular complexity index is 467. The quantitative estimate of drug-likeness (QED) is 0.825. The summed E-state index contributed by atoms with van der Waals surface area (Å²) in [6, 6.07) is 1.54. The first-order valence-electron chi connectivity index (χ1n) is 5.29. The summed E-state index contributed by atoms with van der Waals surface area (Å²) in [6.45, 7) is 2.04. The molecule has 5 nitrogen and oxygen atoms in total. The lowest BCUT2D eigenvalue weighted by atomic mass is 10.4. The fourth-order valence-corrected chi connectivity index (χ4v) is 4.62. The SMILES string of the molecule is COCCN(CCO)S(=O)(=O)c1cc(C)c(Cl)s1. The van der Waals surface area contributed by atoms with Crippen molar-refractivity contribution in [1.29, 1.82) is 0 Å². The third-order valence-corrected chi connectivity index (χ3v) is 6.23. The first-order valence-corrected chi connectivity index (χ1v) is 7.92. The summed E-state index contributed by atoms with van der Waals surface area (Å²) in [5, 5.41) is 8.94. The van der Waals surface area contributed by atoms with Gasteiger partial charge in [0.25, 0.3) is 10.0 Å². The molecule has 1 N–H and O–H groups in total. The zero-order valence-electron chi connectivity index (χ0n) is 10.2. The van der Waals surface area contributed by atoms with Gasteiger partial charge >= 0.3 is 0 Å². The molecule has 1 aromatic rings. The van der Waals surface area contributed by atoms with E-state index >= 15 is 0 Å². The monoisotopic (exact) mass is 313 g/mol. The second kappa shape index (κ2) is 6.83. The largest absolute Gasteiger partial charge is 0.395 e. The van der Waals surface area contributed by atoms with Crippen molar-refractivity contribution in [2.75, 3.05) is 33.4 Å². The molecule has 0 spiro atoms. The summed E-state index contributed by atoms with van der Waals surface area (Å²) in [5.41, 5.74) is 0.732. The van der Waals surface area contributed by atoms with E-state index in [9.17, 15) is 8.42 Å². The Hall–Kier alpha value is -0.180. The van der Waals surface area contributed by atoms with Crippen molar-refractivity contribution in [2.45, 2.75) is 11.1 Å². The van der Waals surface area contributed by atoms with E-state index in [4.69, 9.17) is 21.4 Å². The van der Waals surface area contributed by atoms with Gasteiger partial charge in [0.2, 0.25) is 0 Å². The Balaban J connectivity index is 3.00. The van der Waals surface area contributed by atoms with Crippen LogP contribution in [0.25, 0.3) is 0 Å². The van der Waals surface area contributed by atoms with Crippen LogP contribution >= 0.6 is 22.9 Å². The molecule has 0 bridgehead atoms. The third-order valence-electron chi connectivity index (χ3n) is 2.32. The van der Waals surface area contributed by atoms with Crippen LogP contribution in [0.1, 0.15) is 5.56 Å². The van der Waals surface area contributed by atoms with E-state index in [1.807, 2.05) is 0 Å². The number of aliphatic hydroxyl groups is 1. The zero-order valence-corrected chi connectivity index (χ0v) is 12.6. The summed E-state index contributed by atoms with van der Waals surface area (Å²) >= 11 is 6.91. The Kier molecular flexibility index (Phi) is 6.03. The molecule has 8 heteroatoms. The molecule has 0 saturated carbocycles. The zero-order chi connectivity index (χ0) is 13.8. The summed E-state index contributed by atoms with van der Waals surface area (Å²) in [6.07, 6.45) is 0. The maximum atomic E-state index is 12.3. The van der Waals surface area contributed by atoms with E-state index in [0.29, 0.717) is 4.34 Å². The molecular weight excluding hydrogens is 298 g/mol. The van der Waals surface area contributed by atoms with Crippen LogP contribution in [0.3, 0.4) is 0 Å². The van der Waals surface area contributed by atoms with Crippen LogP contribution in [-0.2, 0) is 14.8 Å². The smallest absolute Gasteiger partial charge is 0.252 e. The van der Waals surface area contributed by atoms with Gasteiger partial charge in [0.05, 0.1) is 17.6 Å². The van der Waals surface area contributed by atoms with E-state index in [-0.39, 0.29) is 30.5 Å². The molecule has 1 rings (SSSR count). The lowest BCUT2D eigenvalue weighted by molar-refractivity contribution is 0.169. The number of ether oxygens (including phenoxy) is 1. The van der Waals surface area contributed by atoms with Gasteiger partial charge in [-0.05, 0) is 18.6 Å². The molecule has 0 aromatic carbocycles. The summed E-state index contributed by atoms with van der Waals surface area (Å²) in [5.74, 6) is 0. The van der Waals surface area contributed by atoms with Crippen molar-refractivity contribution < 1.29 is 18.3 Å². The van der Waals surface area contributed by atoms with Gasteiger partial charge in [0, 0.05) is 20.2 Å². The van der Waals surface area contributed by atoms with Gasteiger partial charge in [-0.1, -0.05) is 11.6 Å². The van der Waals surface area contributed by atoms with Crippen molar-refractivity contribution >= 4 is 33.0 Å². The Morgan fingerprint density at radius 1 is 1.50 bits per heavy atom.